The highest BCUT2D eigenvalue weighted by molar-refractivity contribution is 6.32. The molecule has 4 rings (SSSR count). The summed E-state index contributed by atoms with van der Waals surface area (Å²) in [5, 5.41) is 9.36. The fourth-order valence-electron chi connectivity index (χ4n) is 3.25. The van der Waals surface area contributed by atoms with E-state index in [1.807, 2.05) is 50.2 Å². The minimum absolute atomic E-state index is 0.394. The minimum atomic E-state index is 0.394. The van der Waals surface area contributed by atoms with Crippen LogP contribution in [-0.4, -0.2) is 9.97 Å². The molecule has 0 saturated carbocycles. The molecule has 6 heteroatoms. The Kier molecular flexibility index (Phi) is 6.34. The van der Waals surface area contributed by atoms with Crippen molar-refractivity contribution in [1.29, 1.82) is 5.26 Å². The molecule has 1 heterocycles. The lowest BCUT2D eigenvalue weighted by molar-refractivity contribution is 0.306. The molecule has 0 fully saturated rings. The first-order valence-electron chi connectivity index (χ1n) is 10.0. The molecule has 32 heavy (non-hydrogen) atoms. The van der Waals surface area contributed by atoms with E-state index in [-0.39, 0.29) is 0 Å². The molecule has 0 aliphatic carbocycles. The van der Waals surface area contributed by atoms with Gasteiger partial charge in [0.25, 0.3) is 0 Å². The summed E-state index contributed by atoms with van der Waals surface area (Å²) >= 11 is 6.22. The lowest BCUT2D eigenvalue weighted by Gasteiger charge is -2.14. The molecule has 0 N–H and O–H groups in total. The Hall–Kier alpha value is -3.88. The van der Waals surface area contributed by atoms with E-state index in [0.717, 1.165) is 33.7 Å². The molecule has 0 amide bonds. The van der Waals surface area contributed by atoms with Crippen LogP contribution in [0.25, 0.3) is 11.3 Å². The second-order valence-electron chi connectivity index (χ2n) is 7.33. The maximum Gasteiger partial charge on any atom is 0.146 e. The van der Waals surface area contributed by atoms with Gasteiger partial charge in [0.1, 0.15) is 30.2 Å². The van der Waals surface area contributed by atoms with Gasteiger partial charge in [-0.05, 0) is 73.5 Å². The predicted octanol–water partition coefficient (Wildman–Crippen LogP) is 6.66. The van der Waals surface area contributed by atoms with Crippen LogP contribution in [0.15, 0.2) is 73.2 Å². The molecule has 5 nitrogen and oxygen atoms in total. The Bertz CT molecular complexity index is 1300. The zero-order chi connectivity index (χ0) is 22.5. The van der Waals surface area contributed by atoms with Crippen LogP contribution in [0, 0.1) is 25.2 Å². The first kappa shape index (κ1) is 21.4. The number of benzene rings is 3. The first-order valence-corrected chi connectivity index (χ1v) is 10.4. The third kappa shape index (κ3) is 4.88. The van der Waals surface area contributed by atoms with Gasteiger partial charge >= 0.3 is 0 Å². The Labute approximate surface area is 191 Å². The molecular formula is C26H20ClN3O2. The molecule has 0 aliphatic heterocycles. The molecule has 158 valence electrons. The minimum Gasteiger partial charge on any atom is -0.488 e. The monoisotopic (exact) mass is 441 g/mol. The van der Waals surface area contributed by atoms with Crippen molar-refractivity contribution < 1.29 is 9.47 Å². The summed E-state index contributed by atoms with van der Waals surface area (Å²) in [6.45, 7) is 4.45. The maximum atomic E-state index is 8.97. The van der Waals surface area contributed by atoms with Gasteiger partial charge in [0.05, 0.1) is 22.3 Å². The number of aromatic nitrogens is 2. The topological polar surface area (TPSA) is 68.0 Å². The van der Waals surface area contributed by atoms with Gasteiger partial charge in [0.2, 0.25) is 0 Å². The van der Waals surface area contributed by atoms with E-state index in [4.69, 9.17) is 26.3 Å². The van der Waals surface area contributed by atoms with Crippen molar-refractivity contribution in [3.63, 3.8) is 0 Å². The molecule has 0 bridgehead atoms. The van der Waals surface area contributed by atoms with E-state index in [0.29, 0.717) is 28.7 Å². The Morgan fingerprint density at radius 3 is 2.53 bits per heavy atom. The smallest absolute Gasteiger partial charge is 0.146 e. The number of hydrogen-bond donors (Lipinski definition) is 0. The van der Waals surface area contributed by atoms with Crippen molar-refractivity contribution in [3.8, 4) is 34.6 Å². The molecule has 0 radical (unpaired) electrons. The summed E-state index contributed by atoms with van der Waals surface area (Å²) in [6, 6.07) is 20.7. The van der Waals surface area contributed by atoms with Gasteiger partial charge in [-0.1, -0.05) is 29.3 Å². The number of halogens is 1. The lowest BCUT2D eigenvalue weighted by Crippen LogP contribution is -2.00. The summed E-state index contributed by atoms with van der Waals surface area (Å²) in [5.74, 6) is 1.93. The zero-order valence-corrected chi connectivity index (χ0v) is 18.4. The highest BCUT2D eigenvalue weighted by atomic mass is 35.5. The molecule has 4 aromatic rings. The lowest BCUT2D eigenvalue weighted by atomic mass is 10.1. The molecule has 0 saturated heterocycles. The maximum absolute atomic E-state index is 8.97. The summed E-state index contributed by atoms with van der Waals surface area (Å²) in [5.41, 5.74) is 5.44. The number of aryl methyl sites for hydroxylation is 2. The normalized spacial score (nSPS) is 10.4. The van der Waals surface area contributed by atoms with Crippen molar-refractivity contribution in [2.45, 2.75) is 20.5 Å². The Morgan fingerprint density at radius 2 is 1.81 bits per heavy atom. The van der Waals surface area contributed by atoms with E-state index in [2.05, 4.69) is 22.1 Å². The highest BCUT2D eigenvalue weighted by Crippen LogP contribution is 2.32. The fraction of sp³-hybridized carbons (Fsp3) is 0.115. The number of nitriles is 1. The van der Waals surface area contributed by atoms with Crippen LogP contribution in [0.5, 0.6) is 17.2 Å². The van der Waals surface area contributed by atoms with E-state index >= 15 is 0 Å². The van der Waals surface area contributed by atoms with Crippen LogP contribution in [0.2, 0.25) is 5.02 Å². The highest BCUT2D eigenvalue weighted by Gasteiger charge is 2.11. The summed E-state index contributed by atoms with van der Waals surface area (Å²) < 4.78 is 12.1. The third-order valence-corrected chi connectivity index (χ3v) is 5.27. The molecular weight excluding hydrogens is 422 g/mol. The van der Waals surface area contributed by atoms with Gasteiger partial charge in [-0.2, -0.15) is 5.26 Å². The van der Waals surface area contributed by atoms with E-state index in [1.54, 1.807) is 24.4 Å². The number of nitrogens with zero attached hydrogens (tertiary/aromatic N) is 3. The molecule has 0 atom stereocenters. The molecule has 0 aliphatic rings. The molecule has 1 aromatic heterocycles. The van der Waals surface area contributed by atoms with Crippen LogP contribution < -0.4 is 9.47 Å². The van der Waals surface area contributed by atoms with Crippen molar-refractivity contribution in [2.75, 3.05) is 0 Å². The SMILES string of the molecule is Cc1ccc(OCc2ccc(Oc3ccc(C#N)cc3Cl)cc2C)c(-c2ccncn2)c1. The Balaban J connectivity index is 1.50. The van der Waals surface area contributed by atoms with Gasteiger partial charge in [0, 0.05) is 11.8 Å². The Morgan fingerprint density at radius 1 is 0.969 bits per heavy atom. The average molecular weight is 442 g/mol. The standard InChI is InChI=1S/C26H20ClN3O2/c1-17-3-7-25(22(11-17)24-9-10-29-16-30-24)31-15-20-5-6-21(12-18(20)2)32-26-8-4-19(14-28)13-23(26)27/h3-13,16H,15H2,1-2H3. The van der Waals surface area contributed by atoms with Gasteiger partial charge in [-0.15, -0.1) is 0 Å². The van der Waals surface area contributed by atoms with E-state index in [9.17, 15) is 0 Å². The van der Waals surface area contributed by atoms with Crippen molar-refractivity contribution in [1.82, 2.24) is 9.97 Å². The van der Waals surface area contributed by atoms with Crippen LogP contribution in [0.1, 0.15) is 22.3 Å². The van der Waals surface area contributed by atoms with E-state index < -0.39 is 0 Å². The van der Waals surface area contributed by atoms with Crippen molar-refractivity contribution in [2.24, 2.45) is 0 Å². The summed E-state index contributed by atoms with van der Waals surface area (Å²) in [7, 11) is 0. The van der Waals surface area contributed by atoms with Crippen LogP contribution in [-0.2, 0) is 6.61 Å². The van der Waals surface area contributed by atoms with E-state index in [1.165, 1.54) is 6.33 Å². The second-order valence-corrected chi connectivity index (χ2v) is 7.74. The van der Waals surface area contributed by atoms with Gasteiger partial charge in [-0.3, -0.25) is 0 Å². The molecule has 0 spiro atoms. The van der Waals surface area contributed by atoms with Gasteiger partial charge < -0.3 is 9.47 Å². The number of ether oxygens (including phenoxy) is 2. The second kappa shape index (κ2) is 9.51. The molecule has 3 aromatic carbocycles. The van der Waals surface area contributed by atoms with Crippen LogP contribution >= 0.6 is 11.6 Å². The van der Waals surface area contributed by atoms with Gasteiger partial charge in [0.15, 0.2) is 0 Å². The van der Waals surface area contributed by atoms with Gasteiger partial charge in [-0.25, -0.2) is 9.97 Å². The van der Waals surface area contributed by atoms with Crippen LogP contribution in [0.4, 0.5) is 0 Å². The largest absolute Gasteiger partial charge is 0.488 e. The fourth-order valence-corrected chi connectivity index (χ4v) is 3.47. The summed E-state index contributed by atoms with van der Waals surface area (Å²) in [4.78, 5) is 8.35. The zero-order valence-electron chi connectivity index (χ0n) is 17.7. The van der Waals surface area contributed by atoms with Crippen molar-refractivity contribution >= 4 is 11.6 Å². The first-order chi connectivity index (χ1) is 15.5. The van der Waals surface area contributed by atoms with Crippen molar-refractivity contribution in [3.05, 3.63) is 100 Å². The number of rotatable bonds is 6. The quantitative estimate of drug-likeness (QED) is 0.334. The third-order valence-electron chi connectivity index (χ3n) is 4.98. The molecule has 0 unspecified atom stereocenters. The summed E-state index contributed by atoms with van der Waals surface area (Å²) in [6.07, 6.45) is 3.25. The number of hydrogen-bond acceptors (Lipinski definition) is 5. The van der Waals surface area contributed by atoms with Crippen LogP contribution in [0.3, 0.4) is 0 Å². The predicted molar refractivity (Wildman–Crippen MR) is 124 cm³/mol. The average Bonchev–Trinajstić information content (AvgIpc) is 2.81.